The molecule has 0 heterocycles. The van der Waals surface area contributed by atoms with Gasteiger partial charge in [0.05, 0.1) is 7.11 Å². The summed E-state index contributed by atoms with van der Waals surface area (Å²) in [5, 5.41) is 13.7. The van der Waals surface area contributed by atoms with Crippen LogP contribution in [0.25, 0.3) is 0 Å². The van der Waals surface area contributed by atoms with Crippen molar-refractivity contribution in [2.45, 2.75) is 58.0 Å². The van der Waals surface area contributed by atoms with Crippen molar-refractivity contribution in [1.29, 1.82) is 0 Å². The van der Waals surface area contributed by atoms with E-state index < -0.39 is 0 Å². The minimum atomic E-state index is 0.151. The molecule has 2 atom stereocenters. The molecule has 0 spiro atoms. The maximum Gasteiger partial charge on any atom is 0.124 e. The lowest BCUT2D eigenvalue weighted by molar-refractivity contribution is 0.267. The molecule has 20 heavy (non-hydrogen) atoms. The minimum Gasteiger partial charge on any atom is -0.507 e. The quantitative estimate of drug-likeness (QED) is 0.854. The highest BCUT2D eigenvalue weighted by Gasteiger charge is 2.22. The number of phenols is 1. The molecule has 2 N–H and O–H groups in total. The first kappa shape index (κ1) is 15.2. The van der Waals surface area contributed by atoms with Gasteiger partial charge in [0.15, 0.2) is 0 Å². The number of aromatic hydroxyl groups is 1. The number of benzene rings is 1. The van der Waals surface area contributed by atoms with Crippen LogP contribution in [0.2, 0.25) is 0 Å². The average molecular weight is 277 g/mol. The topological polar surface area (TPSA) is 41.5 Å². The number of ether oxygens (including phenoxy) is 1. The van der Waals surface area contributed by atoms with Crippen molar-refractivity contribution in [1.82, 2.24) is 5.32 Å². The van der Waals surface area contributed by atoms with E-state index in [1.54, 1.807) is 13.2 Å². The molecule has 0 saturated heterocycles. The molecule has 1 aromatic rings. The van der Waals surface area contributed by atoms with Gasteiger partial charge in [-0.05, 0) is 38.7 Å². The van der Waals surface area contributed by atoms with Crippen molar-refractivity contribution in [3.05, 3.63) is 23.8 Å². The number of phenolic OH excluding ortho intramolecular Hbond substituents is 1. The smallest absolute Gasteiger partial charge is 0.124 e. The van der Waals surface area contributed by atoms with Crippen molar-refractivity contribution >= 4 is 0 Å². The number of methoxy groups -OCH3 is 1. The summed E-state index contributed by atoms with van der Waals surface area (Å²) in [5.41, 5.74) is 0.938. The number of hydrogen-bond acceptors (Lipinski definition) is 3. The number of rotatable bonds is 5. The van der Waals surface area contributed by atoms with E-state index in [1.807, 2.05) is 12.1 Å². The first-order valence-corrected chi connectivity index (χ1v) is 7.74. The predicted molar refractivity (Wildman–Crippen MR) is 82.2 cm³/mol. The molecule has 3 heteroatoms. The molecular weight excluding hydrogens is 250 g/mol. The van der Waals surface area contributed by atoms with Crippen LogP contribution in [0.15, 0.2) is 18.2 Å². The molecule has 1 unspecified atom stereocenters. The van der Waals surface area contributed by atoms with Gasteiger partial charge in [0.2, 0.25) is 0 Å². The van der Waals surface area contributed by atoms with E-state index >= 15 is 0 Å². The van der Waals surface area contributed by atoms with Gasteiger partial charge >= 0.3 is 0 Å². The Morgan fingerprint density at radius 2 is 1.90 bits per heavy atom. The third kappa shape index (κ3) is 3.66. The Morgan fingerprint density at radius 1 is 1.20 bits per heavy atom. The molecule has 1 fully saturated rings. The predicted octanol–water partition coefficient (Wildman–Crippen LogP) is 4.02. The average Bonchev–Trinajstić information content (AvgIpc) is 2.47. The Kier molecular flexibility index (Phi) is 5.30. The van der Waals surface area contributed by atoms with Crippen molar-refractivity contribution in [2.75, 3.05) is 7.11 Å². The van der Waals surface area contributed by atoms with Gasteiger partial charge in [0.25, 0.3) is 0 Å². The summed E-state index contributed by atoms with van der Waals surface area (Å²) >= 11 is 0. The molecule has 1 saturated carbocycles. The monoisotopic (exact) mass is 277 g/mol. The van der Waals surface area contributed by atoms with E-state index in [2.05, 4.69) is 19.2 Å². The Bertz CT molecular complexity index is 427. The van der Waals surface area contributed by atoms with Crippen LogP contribution in [0, 0.1) is 5.92 Å². The molecule has 1 aliphatic rings. The van der Waals surface area contributed by atoms with E-state index in [0.29, 0.717) is 17.5 Å². The Labute approximate surface area is 122 Å². The minimum absolute atomic E-state index is 0.151. The van der Waals surface area contributed by atoms with Crippen LogP contribution in [0.5, 0.6) is 11.5 Å². The highest BCUT2D eigenvalue weighted by atomic mass is 16.5. The molecule has 112 valence electrons. The molecule has 3 nitrogen and oxygen atoms in total. The zero-order valence-electron chi connectivity index (χ0n) is 12.9. The van der Waals surface area contributed by atoms with Crippen LogP contribution >= 0.6 is 0 Å². The summed E-state index contributed by atoms with van der Waals surface area (Å²) in [4.78, 5) is 0. The van der Waals surface area contributed by atoms with Crippen molar-refractivity contribution in [3.8, 4) is 11.5 Å². The van der Waals surface area contributed by atoms with Crippen LogP contribution < -0.4 is 10.1 Å². The van der Waals surface area contributed by atoms with Crippen LogP contribution in [-0.2, 0) is 0 Å². The van der Waals surface area contributed by atoms with Crippen LogP contribution in [0.1, 0.15) is 57.6 Å². The van der Waals surface area contributed by atoms with Crippen LogP contribution in [-0.4, -0.2) is 18.3 Å². The van der Waals surface area contributed by atoms with E-state index in [0.717, 1.165) is 11.5 Å². The fraction of sp³-hybridized carbons (Fsp3) is 0.647. The lowest BCUT2D eigenvalue weighted by Crippen LogP contribution is -2.36. The summed E-state index contributed by atoms with van der Waals surface area (Å²) in [6.45, 7) is 4.38. The summed E-state index contributed by atoms with van der Waals surface area (Å²) in [6.07, 6.45) is 6.76. The van der Waals surface area contributed by atoms with Crippen molar-refractivity contribution in [2.24, 2.45) is 5.92 Å². The lowest BCUT2D eigenvalue weighted by atomic mass is 9.84. The molecule has 1 aliphatic carbocycles. The summed E-state index contributed by atoms with van der Waals surface area (Å²) < 4.78 is 5.13. The van der Waals surface area contributed by atoms with Gasteiger partial charge in [0.1, 0.15) is 11.5 Å². The zero-order chi connectivity index (χ0) is 14.5. The molecule has 0 radical (unpaired) electrons. The maximum absolute atomic E-state index is 10.1. The van der Waals surface area contributed by atoms with Gasteiger partial charge < -0.3 is 15.2 Å². The largest absolute Gasteiger partial charge is 0.507 e. The number of hydrogen-bond donors (Lipinski definition) is 2. The van der Waals surface area contributed by atoms with Crippen molar-refractivity contribution in [3.63, 3.8) is 0 Å². The second-order valence-electron chi connectivity index (χ2n) is 6.00. The SMILES string of the molecule is COc1ccc(C(C)N[C@H](C)C2CCCCC2)c(O)c1. The van der Waals surface area contributed by atoms with Gasteiger partial charge in [-0.1, -0.05) is 25.3 Å². The van der Waals surface area contributed by atoms with Gasteiger partial charge in [-0.15, -0.1) is 0 Å². The molecule has 1 aromatic carbocycles. The Morgan fingerprint density at radius 3 is 2.50 bits per heavy atom. The molecule has 2 rings (SSSR count). The maximum atomic E-state index is 10.1. The first-order valence-electron chi connectivity index (χ1n) is 7.74. The normalized spacial score (nSPS) is 19.6. The van der Waals surface area contributed by atoms with Gasteiger partial charge in [-0.25, -0.2) is 0 Å². The molecular formula is C17H27NO2. The molecule has 0 aliphatic heterocycles. The molecule has 0 amide bonds. The molecule has 0 aromatic heterocycles. The first-order chi connectivity index (χ1) is 9.61. The van der Waals surface area contributed by atoms with Crippen LogP contribution in [0.4, 0.5) is 0 Å². The second kappa shape index (κ2) is 6.98. The summed E-state index contributed by atoms with van der Waals surface area (Å²) in [7, 11) is 1.61. The van der Waals surface area contributed by atoms with E-state index in [4.69, 9.17) is 4.74 Å². The third-order valence-corrected chi connectivity index (χ3v) is 4.57. The Balaban J connectivity index is 1.98. The summed E-state index contributed by atoms with van der Waals surface area (Å²) in [6, 6.07) is 6.17. The van der Waals surface area contributed by atoms with E-state index in [1.165, 1.54) is 32.1 Å². The van der Waals surface area contributed by atoms with Gasteiger partial charge in [-0.3, -0.25) is 0 Å². The van der Waals surface area contributed by atoms with Crippen LogP contribution in [0.3, 0.4) is 0 Å². The summed E-state index contributed by atoms with van der Waals surface area (Å²) in [5.74, 6) is 1.77. The fourth-order valence-electron chi connectivity index (χ4n) is 3.27. The van der Waals surface area contributed by atoms with Gasteiger partial charge in [-0.2, -0.15) is 0 Å². The lowest BCUT2D eigenvalue weighted by Gasteiger charge is -2.31. The Hall–Kier alpha value is -1.22. The number of nitrogens with one attached hydrogen (secondary N) is 1. The van der Waals surface area contributed by atoms with Crippen molar-refractivity contribution < 1.29 is 9.84 Å². The third-order valence-electron chi connectivity index (χ3n) is 4.57. The second-order valence-corrected chi connectivity index (χ2v) is 6.00. The van der Waals surface area contributed by atoms with E-state index in [-0.39, 0.29) is 6.04 Å². The zero-order valence-corrected chi connectivity index (χ0v) is 12.9. The molecule has 0 bridgehead atoms. The van der Waals surface area contributed by atoms with Gasteiger partial charge in [0, 0.05) is 23.7 Å². The van der Waals surface area contributed by atoms with E-state index in [9.17, 15) is 5.11 Å². The fourth-order valence-corrected chi connectivity index (χ4v) is 3.27. The highest BCUT2D eigenvalue weighted by molar-refractivity contribution is 5.41. The highest BCUT2D eigenvalue weighted by Crippen LogP contribution is 2.31. The standard InChI is InChI=1S/C17H27NO2/c1-12(14-7-5-4-6-8-14)18-13(2)16-10-9-15(20-3)11-17(16)19/h9-14,18-19H,4-8H2,1-3H3/t12-,13?/m1/s1.